The summed E-state index contributed by atoms with van der Waals surface area (Å²) in [5.74, 6) is -0.136. The summed E-state index contributed by atoms with van der Waals surface area (Å²) < 4.78 is 0. The third-order valence-electron chi connectivity index (χ3n) is 5.12. The van der Waals surface area contributed by atoms with Crippen molar-refractivity contribution < 1.29 is 19.4 Å². The monoisotopic (exact) mass is 474 g/mol. The number of rotatable bonds is 8. The Balaban J connectivity index is 1.35. The molecule has 12 nitrogen and oxygen atoms in total. The van der Waals surface area contributed by atoms with Crippen molar-refractivity contribution in [2.75, 3.05) is 11.9 Å². The minimum absolute atomic E-state index is 0.0906. The molecule has 4 rings (SSSR count). The van der Waals surface area contributed by atoms with Gasteiger partial charge in [0.25, 0.3) is 23.2 Å². The normalized spacial score (nSPS) is 10.6. The first-order valence-corrected chi connectivity index (χ1v) is 10.4. The maximum absolute atomic E-state index is 12.4. The van der Waals surface area contributed by atoms with Crippen LogP contribution in [0.3, 0.4) is 0 Å². The highest BCUT2D eigenvalue weighted by atomic mass is 16.6. The molecule has 0 aliphatic carbocycles. The summed E-state index contributed by atoms with van der Waals surface area (Å²) in [6.07, 6.45) is 0.415. The molecule has 0 aliphatic heterocycles. The van der Waals surface area contributed by atoms with Gasteiger partial charge in [-0.05, 0) is 42.5 Å². The first-order chi connectivity index (χ1) is 16.8. The topological polar surface area (TPSA) is 173 Å². The molecule has 2 amide bonds. The number of carbonyl (C=O) groups excluding carboxylic acids is 2. The van der Waals surface area contributed by atoms with E-state index in [1.54, 1.807) is 18.2 Å². The Labute approximate surface area is 197 Å². The molecule has 0 saturated carbocycles. The number of nitrogens with zero attached hydrogens (tertiary/aromatic N) is 3. The van der Waals surface area contributed by atoms with E-state index in [0.29, 0.717) is 41.1 Å². The number of nitro groups is 2. The zero-order chi connectivity index (χ0) is 24.9. The van der Waals surface area contributed by atoms with Crippen LogP contribution in [0.5, 0.6) is 0 Å². The summed E-state index contributed by atoms with van der Waals surface area (Å²) in [5, 5.41) is 26.9. The summed E-state index contributed by atoms with van der Waals surface area (Å²) in [7, 11) is 0. The SMILES string of the molecule is O=C(NCCc1nc2ccc(NC(=O)c3ccc([N+](=O)[O-])cc3)cc2[nH]1)c1ccc([N+](=O)[O-])cc1. The number of aromatic amines is 1. The molecular formula is C23H18N6O6. The van der Waals surface area contributed by atoms with Gasteiger partial charge in [-0.2, -0.15) is 0 Å². The van der Waals surface area contributed by atoms with E-state index in [2.05, 4.69) is 20.6 Å². The number of hydrogen-bond donors (Lipinski definition) is 3. The van der Waals surface area contributed by atoms with Gasteiger partial charge >= 0.3 is 0 Å². The summed E-state index contributed by atoms with van der Waals surface area (Å²) >= 11 is 0. The second kappa shape index (κ2) is 9.79. The van der Waals surface area contributed by atoms with Gasteiger partial charge in [0.2, 0.25) is 0 Å². The zero-order valence-electron chi connectivity index (χ0n) is 18.1. The van der Waals surface area contributed by atoms with Crippen molar-refractivity contribution in [3.63, 3.8) is 0 Å². The van der Waals surface area contributed by atoms with Gasteiger partial charge in [0.05, 0.1) is 20.9 Å². The molecule has 0 spiro atoms. The number of anilines is 1. The summed E-state index contributed by atoms with van der Waals surface area (Å²) in [4.78, 5) is 52.6. The van der Waals surface area contributed by atoms with Crippen molar-refractivity contribution in [3.8, 4) is 0 Å². The smallest absolute Gasteiger partial charge is 0.269 e. The van der Waals surface area contributed by atoms with E-state index in [9.17, 15) is 29.8 Å². The number of nitro benzene ring substituents is 2. The molecule has 12 heteroatoms. The van der Waals surface area contributed by atoms with E-state index in [1.165, 1.54) is 48.5 Å². The summed E-state index contributed by atoms with van der Waals surface area (Å²) in [5.41, 5.74) is 2.28. The Bertz CT molecular complexity index is 1430. The summed E-state index contributed by atoms with van der Waals surface area (Å²) in [6, 6.07) is 15.7. The van der Waals surface area contributed by atoms with Crippen molar-refractivity contribution in [1.29, 1.82) is 0 Å². The Morgan fingerprint density at radius 1 is 0.829 bits per heavy atom. The lowest BCUT2D eigenvalue weighted by atomic mass is 10.2. The average Bonchev–Trinajstić information content (AvgIpc) is 3.26. The second-order valence-corrected chi connectivity index (χ2v) is 7.48. The third kappa shape index (κ3) is 5.45. The quantitative estimate of drug-likeness (QED) is 0.258. The fourth-order valence-corrected chi connectivity index (χ4v) is 3.33. The van der Waals surface area contributed by atoms with Crippen molar-refractivity contribution in [3.05, 3.63) is 104 Å². The van der Waals surface area contributed by atoms with Crippen LogP contribution in [-0.2, 0) is 6.42 Å². The van der Waals surface area contributed by atoms with Crippen molar-refractivity contribution >= 4 is 39.9 Å². The van der Waals surface area contributed by atoms with Crippen LogP contribution >= 0.6 is 0 Å². The number of nitrogens with one attached hydrogen (secondary N) is 3. The average molecular weight is 474 g/mol. The van der Waals surface area contributed by atoms with Gasteiger partial charge in [0.1, 0.15) is 5.82 Å². The molecule has 0 saturated heterocycles. The van der Waals surface area contributed by atoms with Gasteiger partial charge in [0.15, 0.2) is 0 Å². The predicted molar refractivity (Wildman–Crippen MR) is 126 cm³/mol. The van der Waals surface area contributed by atoms with E-state index in [0.717, 1.165) is 0 Å². The lowest BCUT2D eigenvalue weighted by Gasteiger charge is -2.05. The Hall–Kier alpha value is -5.13. The van der Waals surface area contributed by atoms with Gasteiger partial charge in [-0.15, -0.1) is 0 Å². The van der Waals surface area contributed by atoms with E-state index < -0.39 is 15.8 Å². The minimum Gasteiger partial charge on any atom is -0.352 e. The predicted octanol–water partition coefficient (Wildman–Crippen LogP) is 3.60. The molecule has 1 heterocycles. The number of fused-ring (bicyclic) bond motifs is 1. The molecule has 0 radical (unpaired) electrons. The van der Waals surface area contributed by atoms with Crippen molar-refractivity contribution in [2.24, 2.45) is 0 Å². The summed E-state index contributed by atoms with van der Waals surface area (Å²) in [6.45, 7) is 0.291. The first kappa shape index (κ1) is 23.0. The molecule has 0 atom stereocenters. The number of non-ortho nitro benzene ring substituents is 2. The molecule has 0 bridgehead atoms. The van der Waals surface area contributed by atoms with Crippen LogP contribution in [0.2, 0.25) is 0 Å². The highest BCUT2D eigenvalue weighted by Gasteiger charge is 2.12. The van der Waals surface area contributed by atoms with Crippen LogP contribution < -0.4 is 10.6 Å². The Morgan fingerprint density at radius 3 is 1.97 bits per heavy atom. The van der Waals surface area contributed by atoms with Gasteiger partial charge < -0.3 is 15.6 Å². The highest BCUT2D eigenvalue weighted by Crippen LogP contribution is 2.19. The van der Waals surface area contributed by atoms with E-state index in [4.69, 9.17) is 0 Å². The maximum Gasteiger partial charge on any atom is 0.269 e. The van der Waals surface area contributed by atoms with Crippen LogP contribution in [0.4, 0.5) is 17.1 Å². The molecule has 4 aromatic rings. The van der Waals surface area contributed by atoms with Crippen LogP contribution in [0.1, 0.15) is 26.5 Å². The van der Waals surface area contributed by atoms with Gasteiger partial charge in [0, 0.05) is 54.0 Å². The second-order valence-electron chi connectivity index (χ2n) is 7.48. The van der Waals surface area contributed by atoms with Crippen molar-refractivity contribution in [2.45, 2.75) is 6.42 Å². The number of hydrogen-bond acceptors (Lipinski definition) is 7. The Kier molecular flexibility index (Phi) is 6.44. The number of aromatic nitrogens is 2. The molecule has 176 valence electrons. The maximum atomic E-state index is 12.4. The third-order valence-corrected chi connectivity index (χ3v) is 5.12. The fourth-order valence-electron chi connectivity index (χ4n) is 3.33. The number of amides is 2. The van der Waals surface area contributed by atoms with Gasteiger partial charge in [-0.3, -0.25) is 29.8 Å². The highest BCUT2D eigenvalue weighted by molar-refractivity contribution is 6.05. The standard InChI is InChI=1S/C23H18N6O6/c30-22(14-1-6-17(7-2-14)28(32)33)24-12-11-21-26-19-10-5-16(13-20(19)27-21)25-23(31)15-3-8-18(9-4-15)29(34)35/h1-10,13H,11-12H2,(H,24,30)(H,25,31)(H,26,27). The van der Waals surface area contributed by atoms with E-state index in [-0.39, 0.29) is 22.8 Å². The number of carbonyl (C=O) groups is 2. The molecule has 0 aliphatic rings. The first-order valence-electron chi connectivity index (χ1n) is 10.4. The Morgan fingerprint density at radius 2 is 1.40 bits per heavy atom. The number of H-pyrrole nitrogens is 1. The van der Waals surface area contributed by atoms with Crippen molar-refractivity contribution in [1.82, 2.24) is 15.3 Å². The van der Waals surface area contributed by atoms with E-state index >= 15 is 0 Å². The largest absolute Gasteiger partial charge is 0.352 e. The van der Waals surface area contributed by atoms with Crippen LogP contribution in [-0.4, -0.2) is 38.2 Å². The van der Waals surface area contributed by atoms with Crippen LogP contribution in [0, 0.1) is 20.2 Å². The minimum atomic E-state index is -0.535. The molecular weight excluding hydrogens is 456 g/mol. The van der Waals surface area contributed by atoms with Gasteiger partial charge in [-0.1, -0.05) is 0 Å². The lowest BCUT2D eigenvalue weighted by molar-refractivity contribution is -0.385. The van der Waals surface area contributed by atoms with Gasteiger partial charge in [-0.25, -0.2) is 4.98 Å². The molecule has 3 aromatic carbocycles. The number of benzene rings is 3. The lowest BCUT2D eigenvalue weighted by Crippen LogP contribution is -2.25. The fraction of sp³-hybridized carbons (Fsp3) is 0.0870. The molecule has 0 fully saturated rings. The van der Waals surface area contributed by atoms with Crippen LogP contribution in [0.25, 0.3) is 11.0 Å². The van der Waals surface area contributed by atoms with Crippen LogP contribution in [0.15, 0.2) is 66.7 Å². The number of imidazole rings is 1. The molecule has 1 aromatic heterocycles. The molecule has 35 heavy (non-hydrogen) atoms. The molecule has 3 N–H and O–H groups in total. The zero-order valence-corrected chi connectivity index (χ0v) is 18.1. The molecule has 0 unspecified atom stereocenters. The van der Waals surface area contributed by atoms with E-state index in [1.807, 2.05) is 0 Å².